The van der Waals surface area contributed by atoms with Crippen LogP contribution in [0, 0.1) is 5.82 Å². The number of hydrogen-bond acceptors (Lipinski definition) is 2. The lowest BCUT2D eigenvalue weighted by atomic mass is 10.2. The van der Waals surface area contributed by atoms with Crippen molar-refractivity contribution in [2.24, 2.45) is 0 Å². The van der Waals surface area contributed by atoms with Crippen LogP contribution in [-0.4, -0.2) is 5.91 Å². The maximum absolute atomic E-state index is 13.5. The van der Waals surface area contributed by atoms with E-state index in [2.05, 4.69) is 5.32 Å². The van der Waals surface area contributed by atoms with Gasteiger partial charge in [0.05, 0.1) is 5.69 Å². The quantitative estimate of drug-likeness (QED) is 0.818. The van der Waals surface area contributed by atoms with E-state index in [9.17, 15) is 9.18 Å². The predicted molar refractivity (Wildman–Crippen MR) is 70.2 cm³/mol. The van der Waals surface area contributed by atoms with Gasteiger partial charge in [0.15, 0.2) is 0 Å². The summed E-state index contributed by atoms with van der Waals surface area (Å²) in [5.41, 5.74) is 6.56. The Labute approximate surface area is 108 Å². The van der Waals surface area contributed by atoms with Crippen LogP contribution >= 0.6 is 11.6 Å². The molecule has 0 atom stereocenters. The highest BCUT2D eigenvalue weighted by Crippen LogP contribution is 2.19. The Bertz CT molecular complexity index is 584. The van der Waals surface area contributed by atoms with Crippen molar-refractivity contribution in [2.75, 3.05) is 11.1 Å². The summed E-state index contributed by atoms with van der Waals surface area (Å²) in [6, 6.07) is 10.4. The fourth-order valence-corrected chi connectivity index (χ4v) is 1.58. The molecule has 2 aromatic carbocycles. The standard InChI is InChI=1S/C13H10ClFN2O/c14-9-3-6-12(11(15)7-9)17-13(18)8-1-4-10(16)5-2-8/h1-7H,16H2,(H,17,18). The van der Waals surface area contributed by atoms with Crippen molar-refractivity contribution in [1.29, 1.82) is 0 Å². The molecule has 0 saturated carbocycles. The molecule has 0 heterocycles. The summed E-state index contributed by atoms with van der Waals surface area (Å²) in [4.78, 5) is 11.8. The highest BCUT2D eigenvalue weighted by Gasteiger charge is 2.09. The number of rotatable bonds is 2. The smallest absolute Gasteiger partial charge is 0.255 e. The lowest BCUT2D eigenvalue weighted by Crippen LogP contribution is -2.12. The molecule has 0 aliphatic rings. The molecule has 0 bridgehead atoms. The largest absolute Gasteiger partial charge is 0.399 e. The first kappa shape index (κ1) is 12.4. The maximum Gasteiger partial charge on any atom is 0.255 e. The summed E-state index contributed by atoms with van der Waals surface area (Å²) in [6.45, 7) is 0. The van der Waals surface area contributed by atoms with Gasteiger partial charge in [-0.05, 0) is 42.5 Å². The van der Waals surface area contributed by atoms with Gasteiger partial charge in [-0.25, -0.2) is 4.39 Å². The number of nitrogens with two attached hydrogens (primary N) is 1. The molecule has 2 aromatic rings. The van der Waals surface area contributed by atoms with Crippen LogP contribution in [0.2, 0.25) is 5.02 Å². The van der Waals surface area contributed by atoms with Crippen LogP contribution in [0.3, 0.4) is 0 Å². The molecule has 0 aliphatic heterocycles. The van der Waals surface area contributed by atoms with E-state index >= 15 is 0 Å². The van der Waals surface area contributed by atoms with E-state index in [1.54, 1.807) is 24.3 Å². The summed E-state index contributed by atoms with van der Waals surface area (Å²) >= 11 is 5.62. The Hall–Kier alpha value is -2.07. The molecule has 2 rings (SSSR count). The fourth-order valence-electron chi connectivity index (χ4n) is 1.42. The maximum atomic E-state index is 13.5. The van der Waals surface area contributed by atoms with Crippen molar-refractivity contribution in [1.82, 2.24) is 0 Å². The molecule has 1 amide bonds. The zero-order valence-electron chi connectivity index (χ0n) is 9.28. The van der Waals surface area contributed by atoms with E-state index in [-0.39, 0.29) is 10.7 Å². The highest BCUT2D eigenvalue weighted by atomic mass is 35.5. The van der Waals surface area contributed by atoms with Crippen molar-refractivity contribution in [2.45, 2.75) is 0 Å². The molecule has 3 N–H and O–H groups in total. The predicted octanol–water partition coefficient (Wildman–Crippen LogP) is 3.31. The van der Waals surface area contributed by atoms with Gasteiger partial charge in [-0.3, -0.25) is 4.79 Å². The van der Waals surface area contributed by atoms with E-state index in [1.165, 1.54) is 12.1 Å². The second-order valence-electron chi connectivity index (χ2n) is 3.70. The topological polar surface area (TPSA) is 55.1 Å². The van der Waals surface area contributed by atoms with Crippen LogP contribution in [0.1, 0.15) is 10.4 Å². The number of halogens is 2. The van der Waals surface area contributed by atoms with Gasteiger partial charge in [-0.15, -0.1) is 0 Å². The van der Waals surface area contributed by atoms with Gasteiger partial charge in [0.2, 0.25) is 0 Å². The molecule has 0 aliphatic carbocycles. The molecule has 0 radical (unpaired) electrons. The Balaban J connectivity index is 2.18. The first-order chi connectivity index (χ1) is 8.56. The number of nitrogen functional groups attached to an aromatic ring is 1. The first-order valence-electron chi connectivity index (χ1n) is 5.18. The monoisotopic (exact) mass is 264 g/mol. The van der Waals surface area contributed by atoms with E-state index in [4.69, 9.17) is 17.3 Å². The molecular formula is C13H10ClFN2O. The van der Waals surface area contributed by atoms with Gasteiger partial charge in [0.25, 0.3) is 5.91 Å². The van der Waals surface area contributed by atoms with Crippen LogP contribution in [0.4, 0.5) is 15.8 Å². The number of nitrogens with one attached hydrogen (secondary N) is 1. The molecule has 0 aromatic heterocycles. The molecule has 18 heavy (non-hydrogen) atoms. The van der Waals surface area contributed by atoms with E-state index in [0.29, 0.717) is 11.3 Å². The van der Waals surface area contributed by atoms with Gasteiger partial charge < -0.3 is 11.1 Å². The van der Waals surface area contributed by atoms with Crippen molar-refractivity contribution in [3.8, 4) is 0 Å². The van der Waals surface area contributed by atoms with E-state index in [1.807, 2.05) is 0 Å². The fraction of sp³-hybridized carbons (Fsp3) is 0. The van der Waals surface area contributed by atoms with Crippen LogP contribution in [0.5, 0.6) is 0 Å². The lowest BCUT2D eigenvalue weighted by Gasteiger charge is -2.06. The molecule has 0 spiro atoms. The summed E-state index contributed by atoms with van der Waals surface area (Å²) in [7, 11) is 0. The van der Waals surface area contributed by atoms with Crippen molar-refractivity contribution in [3.05, 3.63) is 58.9 Å². The second-order valence-corrected chi connectivity index (χ2v) is 4.14. The van der Waals surface area contributed by atoms with Crippen LogP contribution in [0.15, 0.2) is 42.5 Å². The van der Waals surface area contributed by atoms with E-state index < -0.39 is 11.7 Å². The van der Waals surface area contributed by atoms with Crippen molar-refractivity contribution >= 4 is 28.9 Å². The average molecular weight is 265 g/mol. The molecule has 5 heteroatoms. The number of benzene rings is 2. The average Bonchev–Trinajstić information content (AvgIpc) is 2.33. The summed E-state index contributed by atoms with van der Waals surface area (Å²) < 4.78 is 13.5. The zero-order valence-corrected chi connectivity index (χ0v) is 10.0. The first-order valence-corrected chi connectivity index (χ1v) is 5.56. The zero-order chi connectivity index (χ0) is 13.1. The van der Waals surface area contributed by atoms with Crippen molar-refractivity contribution in [3.63, 3.8) is 0 Å². The number of anilines is 2. The molecule has 3 nitrogen and oxygen atoms in total. The SMILES string of the molecule is Nc1ccc(C(=O)Nc2ccc(Cl)cc2F)cc1. The normalized spacial score (nSPS) is 10.1. The molecule has 0 fully saturated rings. The molecule has 0 saturated heterocycles. The van der Waals surface area contributed by atoms with Gasteiger partial charge in [0, 0.05) is 16.3 Å². The Morgan fingerprint density at radius 3 is 2.44 bits per heavy atom. The minimum Gasteiger partial charge on any atom is -0.399 e. The minimum atomic E-state index is -0.578. The summed E-state index contributed by atoms with van der Waals surface area (Å²) in [6.07, 6.45) is 0. The van der Waals surface area contributed by atoms with Crippen LogP contribution in [-0.2, 0) is 0 Å². The van der Waals surface area contributed by atoms with Crippen molar-refractivity contribution < 1.29 is 9.18 Å². The lowest BCUT2D eigenvalue weighted by molar-refractivity contribution is 0.102. The number of amides is 1. The van der Waals surface area contributed by atoms with Gasteiger partial charge >= 0.3 is 0 Å². The third-order valence-electron chi connectivity index (χ3n) is 2.35. The Morgan fingerprint density at radius 2 is 1.83 bits per heavy atom. The summed E-state index contributed by atoms with van der Waals surface area (Å²) in [5.74, 6) is -0.984. The minimum absolute atomic E-state index is 0.0845. The van der Waals surface area contributed by atoms with Gasteiger partial charge in [0.1, 0.15) is 5.82 Å². The number of hydrogen-bond donors (Lipinski definition) is 2. The van der Waals surface area contributed by atoms with E-state index in [0.717, 1.165) is 6.07 Å². The van der Waals surface area contributed by atoms with Gasteiger partial charge in [-0.2, -0.15) is 0 Å². The summed E-state index contributed by atoms with van der Waals surface area (Å²) in [5, 5.41) is 2.74. The molecular weight excluding hydrogens is 255 g/mol. The van der Waals surface area contributed by atoms with Crippen LogP contribution in [0.25, 0.3) is 0 Å². The third-order valence-corrected chi connectivity index (χ3v) is 2.59. The Kier molecular flexibility index (Phi) is 3.48. The van der Waals surface area contributed by atoms with Gasteiger partial charge in [-0.1, -0.05) is 11.6 Å². The molecule has 92 valence electrons. The highest BCUT2D eigenvalue weighted by molar-refractivity contribution is 6.30. The number of carbonyl (C=O) groups excluding carboxylic acids is 1. The third kappa shape index (κ3) is 2.78. The number of carbonyl (C=O) groups is 1. The Morgan fingerprint density at radius 1 is 1.17 bits per heavy atom. The second kappa shape index (κ2) is 5.06. The molecule has 0 unspecified atom stereocenters. The van der Waals surface area contributed by atoms with Crippen LogP contribution < -0.4 is 11.1 Å².